The summed E-state index contributed by atoms with van der Waals surface area (Å²) in [5, 5.41) is 11.9. The first kappa shape index (κ1) is 37.5. The molecule has 1 aliphatic carbocycles. The van der Waals surface area contributed by atoms with E-state index in [0.717, 1.165) is 33.4 Å². The fourth-order valence-corrected chi connectivity index (χ4v) is 7.10. The number of fused-ring (bicyclic) bond motifs is 1. The maximum atomic E-state index is 11.9. The van der Waals surface area contributed by atoms with Crippen molar-refractivity contribution in [2.24, 2.45) is 5.92 Å². The molecule has 1 aliphatic heterocycles. The van der Waals surface area contributed by atoms with Gasteiger partial charge in [-0.2, -0.15) is 0 Å². The lowest BCUT2D eigenvalue weighted by atomic mass is 9.85. The predicted molar refractivity (Wildman–Crippen MR) is 219 cm³/mol. The van der Waals surface area contributed by atoms with Gasteiger partial charge in [0.15, 0.2) is 11.5 Å². The highest BCUT2D eigenvalue weighted by Gasteiger charge is 2.40. The monoisotopic (exact) mass is 758 g/mol. The molecular weight excluding hydrogens is 713 g/mol. The lowest BCUT2D eigenvalue weighted by Gasteiger charge is -2.37. The van der Waals surface area contributed by atoms with Crippen molar-refractivity contribution in [3.05, 3.63) is 221 Å². The first-order valence-corrected chi connectivity index (χ1v) is 19.5. The molecule has 6 aromatic rings. The quantitative estimate of drug-likeness (QED) is 0.105. The molecule has 2 aliphatic rings. The van der Waals surface area contributed by atoms with Crippen LogP contribution in [0.5, 0.6) is 17.2 Å². The van der Waals surface area contributed by atoms with E-state index in [1.807, 2.05) is 170 Å². The van der Waals surface area contributed by atoms with Crippen LogP contribution in [0.25, 0.3) is 0 Å². The van der Waals surface area contributed by atoms with E-state index in [1.54, 1.807) is 0 Å². The van der Waals surface area contributed by atoms with Gasteiger partial charge in [-0.15, -0.1) is 0 Å². The highest BCUT2D eigenvalue weighted by molar-refractivity contribution is 5.52. The van der Waals surface area contributed by atoms with Gasteiger partial charge in [0.1, 0.15) is 62.1 Å². The second-order valence-electron chi connectivity index (χ2n) is 14.3. The van der Waals surface area contributed by atoms with E-state index in [4.69, 9.17) is 28.4 Å². The summed E-state index contributed by atoms with van der Waals surface area (Å²) >= 11 is 0. The van der Waals surface area contributed by atoms with Crippen molar-refractivity contribution in [3.8, 4) is 17.2 Å². The summed E-state index contributed by atoms with van der Waals surface area (Å²) in [6.45, 7) is 1.74. The van der Waals surface area contributed by atoms with Crippen molar-refractivity contribution >= 4 is 0 Å². The Morgan fingerprint density at radius 2 is 0.947 bits per heavy atom. The Kier molecular flexibility index (Phi) is 12.1. The molecule has 8 rings (SSSR count). The van der Waals surface area contributed by atoms with E-state index < -0.39 is 12.2 Å². The van der Waals surface area contributed by atoms with Crippen LogP contribution in [-0.4, -0.2) is 17.3 Å². The molecule has 0 amide bonds. The Morgan fingerprint density at radius 3 is 1.47 bits per heavy atom. The van der Waals surface area contributed by atoms with Gasteiger partial charge in [0, 0.05) is 36.5 Å². The van der Waals surface area contributed by atoms with Crippen LogP contribution in [0.3, 0.4) is 0 Å². The summed E-state index contributed by atoms with van der Waals surface area (Å²) in [6.07, 6.45) is 1.29. The van der Waals surface area contributed by atoms with Crippen LogP contribution in [0.1, 0.15) is 39.8 Å². The molecule has 7 heteroatoms. The van der Waals surface area contributed by atoms with Crippen molar-refractivity contribution in [2.45, 2.75) is 58.1 Å². The van der Waals surface area contributed by atoms with Crippen molar-refractivity contribution in [1.82, 2.24) is 0 Å². The number of rotatable bonds is 16. The van der Waals surface area contributed by atoms with Crippen LogP contribution >= 0.6 is 0 Å². The minimum absolute atomic E-state index is 0.323. The number of aliphatic hydroxyl groups is 1. The largest absolute Gasteiger partial charge is 0.489 e. The van der Waals surface area contributed by atoms with Crippen molar-refractivity contribution in [1.29, 1.82) is 0 Å². The minimum atomic E-state index is -0.855. The Bertz CT molecular complexity index is 2240. The van der Waals surface area contributed by atoms with Gasteiger partial charge >= 0.3 is 0 Å². The topological polar surface area (TPSA) is 75.6 Å². The third-order valence-electron chi connectivity index (χ3n) is 10.1. The molecule has 0 saturated carbocycles. The molecule has 0 aromatic heterocycles. The molecule has 3 atom stereocenters. The Morgan fingerprint density at radius 1 is 0.491 bits per heavy atom. The highest BCUT2D eigenvalue weighted by atomic mass is 16.6. The van der Waals surface area contributed by atoms with E-state index in [1.165, 1.54) is 0 Å². The van der Waals surface area contributed by atoms with Gasteiger partial charge in [0.05, 0.1) is 6.10 Å². The molecule has 7 nitrogen and oxygen atoms in total. The molecule has 1 unspecified atom stereocenters. The van der Waals surface area contributed by atoms with Crippen LogP contribution in [0, 0.1) is 5.92 Å². The molecule has 0 spiro atoms. The SMILES string of the molecule is O[C@@H]1Cc2c(OCc3ccccc3)cc(OCc3ccccc3)cc2O[C@H]1C1C=C(OCc2ccccc2)C(OCc2ccccc2)=C(OCc2ccccc2)C1. The van der Waals surface area contributed by atoms with Gasteiger partial charge in [-0.3, -0.25) is 0 Å². The van der Waals surface area contributed by atoms with Gasteiger partial charge < -0.3 is 33.5 Å². The second-order valence-corrected chi connectivity index (χ2v) is 14.3. The number of hydrogen-bond donors (Lipinski definition) is 1. The van der Waals surface area contributed by atoms with Crippen LogP contribution in [0.15, 0.2) is 187 Å². The lowest BCUT2D eigenvalue weighted by Crippen LogP contribution is -2.43. The molecule has 6 aromatic carbocycles. The standard InChI is InChI=1S/C50H46O7/c51-44-30-43-45(53-32-37-18-8-2-9-19-37)28-42(52-31-36-16-6-1-7-17-36)29-46(43)57-49(44)41-26-47(54-33-38-20-10-3-11-21-38)50(56-35-40-24-14-5-15-25-40)48(27-41)55-34-39-22-12-4-13-23-39/h1-26,28-29,41,44,49,51H,27,30-35H2/t41?,44-,49+/m1/s1. The first-order chi connectivity index (χ1) is 28.1. The maximum absolute atomic E-state index is 11.9. The first-order valence-electron chi connectivity index (χ1n) is 19.5. The van der Waals surface area contributed by atoms with E-state index in [2.05, 4.69) is 0 Å². The fraction of sp³-hybridized carbons (Fsp3) is 0.200. The van der Waals surface area contributed by atoms with Gasteiger partial charge in [-0.05, 0) is 33.9 Å². The van der Waals surface area contributed by atoms with E-state index in [9.17, 15) is 5.11 Å². The van der Waals surface area contributed by atoms with Crippen LogP contribution in [-0.2, 0) is 53.7 Å². The zero-order chi connectivity index (χ0) is 38.7. The normalized spacial score (nSPS) is 17.4. The minimum Gasteiger partial charge on any atom is -0.489 e. The third kappa shape index (κ3) is 9.87. The lowest BCUT2D eigenvalue weighted by molar-refractivity contribution is -0.0111. The molecular formula is C50H46O7. The number of hydrogen-bond acceptors (Lipinski definition) is 7. The number of benzene rings is 6. The van der Waals surface area contributed by atoms with E-state index >= 15 is 0 Å². The Balaban J connectivity index is 1.11. The molecule has 57 heavy (non-hydrogen) atoms. The average molecular weight is 759 g/mol. The van der Waals surface area contributed by atoms with Gasteiger partial charge in [-0.25, -0.2) is 0 Å². The Hall–Kier alpha value is -6.44. The maximum Gasteiger partial charge on any atom is 0.199 e. The van der Waals surface area contributed by atoms with Gasteiger partial charge in [0.2, 0.25) is 0 Å². The average Bonchev–Trinajstić information content (AvgIpc) is 3.27. The molecule has 0 fully saturated rings. The summed E-state index contributed by atoms with van der Waals surface area (Å²) in [7, 11) is 0. The number of ether oxygens (including phenoxy) is 6. The fourth-order valence-electron chi connectivity index (χ4n) is 7.10. The zero-order valence-electron chi connectivity index (χ0n) is 31.7. The van der Waals surface area contributed by atoms with Crippen molar-refractivity contribution in [2.75, 3.05) is 0 Å². The van der Waals surface area contributed by atoms with E-state index in [0.29, 0.717) is 80.4 Å². The molecule has 0 bridgehead atoms. The summed E-state index contributed by atoms with van der Waals surface area (Å²) in [5.74, 6) is 3.25. The summed E-state index contributed by atoms with van der Waals surface area (Å²) in [5.41, 5.74) is 5.95. The summed E-state index contributed by atoms with van der Waals surface area (Å²) in [4.78, 5) is 0. The zero-order valence-corrected chi connectivity index (χ0v) is 31.7. The third-order valence-corrected chi connectivity index (χ3v) is 10.1. The molecule has 0 radical (unpaired) electrons. The van der Waals surface area contributed by atoms with Gasteiger partial charge in [-0.1, -0.05) is 152 Å². The van der Waals surface area contributed by atoms with Gasteiger partial charge in [0.25, 0.3) is 0 Å². The summed E-state index contributed by atoms with van der Waals surface area (Å²) < 4.78 is 39.4. The molecule has 1 heterocycles. The van der Waals surface area contributed by atoms with Crippen molar-refractivity contribution in [3.63, 3.8) is 0 Å². The van der Waals surface area contributed by atoms with Crippen LogP contribution in [0.2, 0.25) is 0 Å². The van der Waals surface area contributed by atoms with E-state index in [-0.39, 0.29) is 5.92 Å². The molecule has 1 N–H and O–H groups in total. The van der Waals surface area contributed by atoms with Crippen molar-refractivity contribution < 1.29 is 33.5 Å². The predicted octanol–water partition coefficient (Wildman–Crippen LogP) is 10.3. The van der Waals surface area contributed by atoms with Crippen LogP contribution in [0.4, 0.5) is 0 Å². The molecule has 0 saturated heterocycles. The smallest absolute Gasteiger partial charge is 0.199 e. The molecule has 288 valence electrons. The second kappa shape index (κ2) is 18.5. The number of allylic oxidation sites excluding steroid dienone is 1. The summed E-state index contributed by atoms with van der Waals surface area (Å²) in [6, 6.07) is 54.0. The number of aliphatic hydroxyl groups excluding tert-OH is 1. The Labute approximate surface area is 334 Å². The van der Waals surface area contributed by atoms with Crippen LogP contribution < -0.4 is 14.2 Å². The highest BCUT2D eigenvalue weighted by Crippen LogP contribution is 2.44.